The van der Waals surface area contributed by atoms with E-state index in [1.165, 1.54) is 11.1 Å². The molecule has 3 nitrogen and oxygen atoms in total. The lowest BCUT2D eigenvalue weighted by atomic mass is 10.2. The number of hydrogen-bond donors (Lipinski definition) is 0. The van der Waals surface area contributed by atoms with Gasteiger partial charge in [0.25, 0.3) is 0 Å². The lowest BCUT2D eigenvalue weighted by Crippen LogP contribution is -2.29. The Kier molecular flexibility index (Phi) is 7.39. The molecule has 0 spiro atoms. The van der Waals surface area contributed by atoms with Gasteiger partial charge in [-0.05, 0) is 11.1 Å². The molecule has 0 saturated heterocycles. The molecular formula is C19H23NO2. The van der Waals surface area contributed by atoms with Crippen molar-refractivity contribution < 1.29 is 9.47 Å². The summed E-state index contributed by atoms with van der Waals surface area (Å²) in [6.45, 7) is 6.78. The van der Waals surface area contributed by atoms with Crippen LogP contribution in [0.25, 0.3) is 0 Å². The van der Waals surface area contributed by atoms with E-state index in [4.69, 9.17) is 9.47 Å². The monoisotopic (exact) mass is 297 g/mol. The van der Waals surface area contributed by atoms with Crippen LogP contribution in [0.1, 0.15) is 11.1 Å². The molecule has 0 aliphatic carbocycles. The summed E-state index contributed by atoms with van der Waals surface area (Å²) in [6.07, 6.45) is 1.86. The van der Waals surface area contributed by atoms with Crippen molar-refractivity contribution in [2.75, 3.05) is 20.0 Å². The van der Waals surface area contributed by atoms with Gasteiger partial charge in [0.15, 0.2) is 0 Å². The molecule has 2 aromatic carbocycles. The van der Waals surface area contributed by atoms with E-state index in [1.807, 2.05) is 42.5 Å². The van der Waals surface area contributed by atoms with Gasteiger partial charge < -0.3 is 9.47 Å². The highest BCUT2D eigenvalue weighted by Crippen LogP contribution is 2.04. The molecular weight excluding hydrogens is 274 g/mol. The van der Waals surface area contributed by atoms with Gasteiger partial charge in [-0.25, -0.2) is 0 Å². The highest BCUT2D eigenvalue weighted by molar-refractivity contribution is 5.14. The molecule has 0 radical (unpaired) electrons. The van der Waals surface area contributed by atoms with Crippen LogP contribution in [0.15, 0.2) is 73.3 Å². The first kappa shape index (κ1) is 16.4. The maximum atomic E-state index is 5.74. The highest BCUT2D eigenvalue weighted by Gasteiger charge is 2.03. The van der Waals surface area contributed by atoms with Gasteiger partial charge in [-0.3, -0.25) is 4.90 Å². The van der Waals surface area contributed by atoms with Crippen LogP contribution in [-0.2, 0) is 22.7 Å². The molecule has 0 aliphatic rings. The summed E-state index contributed by atoms with van der Waals surface area (Å²) < 4.78 is 11.5. The Hall–Kier alpha value is -1.94. The first-order chi connectivity index (χ1) is 10.9. The quantitative estimate of drug-likeness (QED) is 0.491. The fourth-order valence-electron chi connectivity index (χ4n) is 2.06. The smallest absolute Gasteiger partial charge is 0.101 e. The van der Waals surface area contributed by atoms with E-state index in [9.17, 15) is 0 Å². The summed E-state index contributed by atoms with van der Waals surface area (Å²) in [5.41, 5.74) is 2.34. The summed E-state index contributed by atoms with van der Waals surface area (Å²) in [4.78, 5) is 2.07. The van der Waals surface area contributed by atoms with Crippen LogP contribution in [0.2, 0.25) is 0 Å². The molecule has 0 bridgehead atoms. The van der Waals surface area contributed by atoms with E-state index in [0.29, 0.717) is 26.7 Å². The van der Waals surface area contributed by atoms with E-state index in [2.05, 4.69) is 35.7 Å². The Morgan fingerprint density at radius 3 is 1.64 bits per heavy atom. The molecule has 22 heavy (non-hydrogen) atoms. The average molecular weight is 297 g/mol. The standard InChI is InChI=1S/C19H23NO2/c1-2-13-20(16-21-14-18-9-5-3-6-10-18)17-22-15-19-11-7-4-8-12-19/h2-12H,1,13-17H2. The third-order valence-electron chi connectivity index (χ3n) is 3.16. The zero-order valence-electron chi connectivity index (χ0n) is 12.9. The van der Waals surface area contributed by atoms with Gasteiger partial charge in [0.05, 0.1) is 13.2 Å². The van der Waals surface area contributed by atoms with E-state index in [1.54, 1.807) is 0 Å². The molecule has 0 heterocycles. The van der Waals surface area contributed by atoms with E-state index >= 15 is 0 Å². The number of rotatable bonds is 10. The van der Waals surface area contributed by atoms with Gasteiger partial charge in [-0.2, -0.15) is 0 Å². The normalized spacial score (nSPS) is 10.8. The Bertz CT molecular complexity index is 482. The topological polar surface area (TPSA) is 21.7 Å². The van der Waals surface area contributed by atoms with Crippen LogP contribution < -0.4 is 0 Å². The predicted octanol–water partition coefficient (Wildman–Crippen LogP) is 3.82. The molecule has 0 N–H and O–H groups in total. The van der Waals surface area contributed by atoms with Gasteiger partial charge in [0.1, 0.15) is 13.5 Å². The largest absolute Gasteiger partial charge is 0.361 e. The summed E-state index contributed by atoms with van der Waals surface area (Å²) in [6, 6.07) is 20.3. The summed E-state index contributed by atoms with van der Waals surface area (Å²) in [5.74, 6) is 0. The Labute approximate surface area is 132 Å². The third kappa shape index (κ3) is 6.22. The molecule has 0 aliphatic heterocycles. The summed E-state index contributed by atoms with van der Waals surface area (Å²) in [7, 11) is 0. The van der Waals surface area contributed by atoms with Crippen molar-refractivity contribution in [3.05, 3.63) is 84.4 Å². The molecule has 0 unspecified atom stereocenters. The third-order valence-corrected chi connectivity index (χ3v) is 3.16. The van der Waals surface area contributed by atoms with Crippen molar-refractivity contribution in [2.24, 2.45) is 0 Å². The van der Waals surface area contributed by atoms with E-state index < -0.39 is 0 Å². The molecule has 0 atom stereocenters. The molecule has 116 valence electrons. The maximum absolute atomic E-state index is 5.74. The number of ether oxygens (including phenoxy) is 2. The lowest BCUT2D eigenvalue weighted by molar-refractivity contribution is -0.0490. The van der Waals surface area contributed by atoms with Crippen molar-refractivity contribution in [2.45, 2.75) is 13.2 Å². The fraction of sp³-hybridized carbons (Fsp3) is 0.263. The Morgan fingerprint density at radius 1 is 0.773 bits per heavy atom. The molecule has 2 aromatic rings. The van der Waals surface area contributed by atoms with Crippen molar-refractivity contribution in [1.29, 1.82) is 0 Å². The molecule has 0 fully saturated rings. The minimum atomic E-state index is 0.524. The minimum Gasteiger partial charge on any atom is -0.361 e. The zero-order valence-corrected chi connectivity index (χ0v) is 12.9. The van der Waals surface area contributed by atoms with Crippen LogP contribution in [0, 0.1) is 0 Å². The van der Waals surface area contributed by atoms with Gasteiger partial charge in [-0.1, -0.05) is 66.7 Å². The van der Waals surface area contributed by atoms with Crippen LogP contribution in [0.3, 0.4) is 0 Å². The number of benzene rings is 2. The van der Waals surface area contributed by atoms with Crippen molar-refractivity contribution in [1.82, 2.24) is 4.90 Å². The summed E-state index contributed by atoms with van der Waals surface area (Å²) in [5, 5.41) is 0. The van der Waals surface area contributed by atoms with E-state index in [0.717, 1.165) is 6.54 Å². The second kappa shape index (κ2) is 9.90. The predicted molar refractivity (Wildman–Crippen MR) is 89.1 cm³/mol. The number of hydrogen-bond acceptors (Lipinski definition) is 3. The fourth-order valence-corrected chi connectivity index (χ4v) is 2.06. The second-order valence-electron chi connectivity index (χ2n) is 5.07. The van der Waals surface area contributed by atoms with Crippen molar-refractivity contribution >= 4 is 0 Å². The molecule has 3 heteroatoms. The maximum Gasteiger partial charge on any atom is 0.101 e. The second-order valence-corrected chi connectivity index (χ2v) is 5.07. The minimum absolute atomic E-state index is 0.524. The first-order valence-electron chi connectivity index (χ1n) is 7.45. The van der Waals surface area contributed by atoms with Crippen molar-refractivity contribution in [3.8, 4) is 0 Å². The zero-order chi connectivity index (χ0) is 15.5. The van der Waals surface area contributed by atoms with Crippen LogP contribution >= 0.6 is 0 Å². The molecule has 0 amide bonds. The Balaban J connectivity index is 1.69. The van der Waals surface area contributed by atoms with Crippen molar-refractivity contribution in [3.63, 3.8) is 0 Å². The molecule has 0 saturated carbocycles. The van der Waals surface area contributed by atoms with Gasteiger partial charge >= 0.3 is 0 Å². The molecule has 0 aromatic heterocycles. The summed E-state index contributed by atoms with van der Waals surface area (Å²) >= 11 is 0. The van der Waals surface area contributed by atoms with Gasteiger partial charge in [0, 0.05) is 6.54 Å². The van der Waals surface area contributed by atoms with Crippen LogP contribution in [0.4, 0.5) is 0 Å². The highest BCUT2D eigenvalue weighted by atomic mass is 16.5. The van der Waals surface area contributed by atoms with E-state index in [-0.39, 0.29) is 0 Å². The number of nitrogens with zero attached hydrogens (tertiary/aromatic N) is 1. The lowest BCUT2D eigenvalue weighted by Gasteiger charge is -2.20. The molecule has 2 rings (SSSR count). The van der Waals surface area contributed by atoms with Crippen LogP contribution in [-0.4, -0.2) is 24.9 Å². The SMILES string of the molecule is C=CCN(COCc1ccccc1)COCc1ccccc1. The van der Waals surface area contributed by atoms with Gasteiger partial charge in [-0.15, -0.1) is 6.58 Å². The first-order valence-corrected chi connectivity index (χ1v) is 7.45. The van der Waals surface area contributed by atoms with Gasteiger partial charge in [0.2, 0.25) is 0 Å². The Morgan fingerprint density at radius 2 is 1.23 bits per heavy atom. The van der Waals surface area contributed by atoms with Crippen LogP contribution in [0.5, 0.6) is 0 Å². The average Bonchev–Trinajstić information content (AvgIpc) is 2.57.